The van der Waals surface area contributed by atoms with Gasteiger partial charge in [0.25, 0.3) is 5.91 Å². The van der Waals surface area contributed by atoms with E-state index in [4.69, 9.17) is 9.47 Å². The summed E-state index contributed by atoms with van der Waals surface area (Å²) in [6, 6.07) is -0.0506. The molecule has 1 aromatic rings. The minimum atomic E-state index is -0.597. The molecule has 1 aromatic heterocycles. The molecular formula is C16H21N3O4. The third-order valence-electron chi connectivity index (χ3n) is 4.62. The number of carbonyl (C=O) groups is 2. The predicted octanol–water partition coefficient (Wildman–Crippen LogP) is 1.11. The van der Waals surface area contributed by atoms with Crippen molar-refractivity contribution in [3.05, 3.63) is 23.8 Å². The van der Waals surface area contributed by atoms with E-state index < -0.39 is 6.10 Å². The van der Waals surface area contributed by atoms with E-state index in [2.05, 4.69) is 9.97 Å². The van der Waals surface area contributed by atoms with Gasteiger partial charge in [0.05, 0.1) is 31.1 Å². The molecule has 2 fully saturated rings. The summed E-state index contributed by atoms with van der Waals surface area (Å²) < 4.78 is 10.6. The van der Waals surface area contributed by atoms with Gasteiger partial charge in [-0.2, -0.15) is 0 Å². The van der Waals surface area contributed by atoms with Crippen LogP contribution in [0.2, 0.25) is 0 Å². The fourth-order valence-corrected chi connectivity index (χ4v) is 3.42. The van der Waals surface area contributed by atoms with Crippen LogP contribution in [0.3, 0.4) is 0 Å². The van der Waals surface area contributed by atoms with Gasteiger partial charge in [0.2, 0.25) is 0 Å². The molecule has 1 amide bonds. The van der Waals surface area contributed by atoms with Gasteiger partial charge in [0.1, 0.15) is 5.69 Å². The molecule has 4 atom stereocenters. The first kappa shape index (κ1) is 15.9. The minimum Gasteiger partial charge on any atom is -0.467 e. The zero-order valence-electron chi connectivity index (χ0n) is 13.6. The quantitative estimate of drug-likeness (QED) is 0.760. The summed E-state index contributed by atoms with van der Waals surface area (Å²) in [6.07, 6.45) is 4.50. The highest BCUT2D eigenvalue weighted by Gasteiger charge is 2.48. The van der Waals surface area contributed by atoms with Crippen LogP contribution < -0.4 is 0 Å². The van der Waals surface area contributed by atoms with E-state index in [0.29, 0.717) is 12.1 Å². The number of hydrogen-bond acceptors (Lipinski definition) is 6. The molecule has 0 bridgehead atoms. The number of piperidine rings is 1. The second kappa shape index (κ2) is 6.23. The predicted molar refractivity (Wildman–Crippen MR) is 80.7 cm³/mol. The topological polar surface area (TPSA) is 81.6 Å². The number of nitrogens with zero attached hydrogens (tertiary/aromatic N) is 3. The van der Waals surface area contributed by atoms with Crippen molar-refractivity contribution in [2.24, 2.45) is 0 Å². The Kier molecular flexibility index (Phi) is 4.30. The lowest BCUT2D eigenvalue weighted by molar-refractivity contribution is -0.153. The van der Waals surface area contributed by atoms with Crippen molar-refractivity contribution >= 4 is 11.9 Å². The Labute approximate surface area is 135 Å². The van der Waals surface area contributed by atoms with E-state index in [9.17, 15) is 9.59 Å². The van der Waals surface area contributed by atoms with Gasteiger partial charge >= 0.3 is 5.97 Å². The normalized spacial score (nSPS) is 30.0. The standard InChI is InChI=1S/C16H21N3O4/c1-9-7-18-11(8-17-9)15(20)19-10(2)4-5-13-12(19)6-14(23-13)16(21)22-3/h7-8,10,12-14H,4-6H2,1-3H3. The molecule has 3 rings (SSSR count). The van der Waals surface area contributed by atoms with E-state index in [1.807, 2.05) is 13.8 Å². The lowest BCUT2D eigenvalue weighted by Gasteiger charge is -2.41. The number of aromatic nitrogens is 2. The largest absolute Gasteiger partial charge is 0.467 e. The van der Waals surface area contributed by atoms with E-state index in [0.717, 1.165) is 18.5 Å². The Morgan fingerprint density at radius 1 is 1.30 bits per heavy atom. The SMILES string of the molecule is COC(=O)C1CC2C(CCC(C)N2C(=O)c2cnc(C)cn2)O1. The summed E-state index contributed by atoms with van der Waals surface area (Å²) in [6.45, 7) is 3.84. The van der Waals surface area contributed by atoms with Gasteiger partial charge < -0.3 is 14.4 Å². The number of rotatable bonds is 2. The van der Waals surface area contributed by atoms with E-state index in [1.54, 1.807) is 11.1 Å². The molecule has 2 aliphatic rings. The van der Waals surface area contributed by atoms with E-state index >= 15 is 0 Å². The van der Waals surface area contributed by atoms with E-state index in [-0.39, 0.29) is 30.1 Å². The molecule has 4 unspecified atom stereocenters. The van der Waals surface area contributed by atoms with Crippen LogP contribution in [0.5, 0.6) is 0 Å². The summed E-state index contributed by atoms with van der Waals surface area (Å²) in [5, 5.41) is 0. The van der Waals surface area contributed by atoms with E-state index in [1.165, 1.54) is 13.3 Å². The molecule has 0 aliphatic carbocycles. The Morgan fingerprint density at radius 3 is 2.74 bits per heavy atom. The second-order valence-electron chi connectivity index (χ2n) is 6.17. The number of ether oxygens (including phenoxy) is 2. The maximum atomic E-state index is 12.9. The highest BCUT2D eigenvalue weighted by molar-refractivity contribution is 5.92. The number of amides is 1. The maximum Gasteiger partial charge on any atom is 0.335 e. The molecule has 0 saturated carbocycles. The lowest BCUT2D eigenvalue weighted by Crippen LogP contribution is -2.53. The third kappa shape index (κ3) is 2.93. The molecule has 124 valence electrons. The van der Waals surface area contributed by atoms with Crippen LogP contribution in [-0.4, -0.2) is 58.1 Å². The van der Waals surface area contributed by atoms with Gasteiger partial charge in [-0.15, -0.1) is 0 Å². The van der Waals surface area contributed by atoms with Gasteiger partial charge in [0, 0.05) is 18.7 Å². The number of hydrogen-bond donors (Lipinski definition) is 0. The Bertz CT molecular complexity index is 604. The van der Waals surface area contributed by atoms with Crippen molar-refractivity contribution in [2.45, 2.75) is 57.4 Å². The van der Waals surface area contributed by atoms with Gasteiger partial charge in [0.15, 0.2) is 6.10 Å². The number of methoxy groups -OCH3 is 1. The van der Waals surface area contributed by atoms with Crippen LogP contribution >= 0.6 is 0 Å². The fourth-order valence-electron chi connectivity index (χ4n) is 3.42. The monoisotopic (exact) mass is 319 g/mol. The van der Waals surface area contributed by atoms with Crippen molar-refractivity contribution in [3.8, 4) is 0 Å². The summed E-state index contributed by atoms with van der Waals surface area (Å²) in [5.74, 6) is -0.539. The number of fused-ring (bicyclic) bond motifs is 1. The van der Waals surface area contributed by atoms with Gasteiger partial charge in [-0.05, 0) is 26.7 Å². The van der Waals surface area contributed by atoms with Crippen LogP contribution in [-0.2, 0) is 14.3 Å². The summed E-state index contributed by atoms with van der Waals surface area (Å²) in [4.78, 5) is 34.7. The molecule has 7 nitrogen and oxygen atoms in total. The van der Waals surface area contributed by atoms with Crippen LogP contribution in [0.15, 0.2) is 12.4 Å². The Balaban J connectivity index is 1.83. The molecule has 23 heavy (non-hydrogen) atoms. The molecule has 0 spiro atoms. The lowest BCUT2D eigenvalue weighted by atomic mass is 9.92. The second-order valence-corrected chi connectivity index (χ2v) is 6.17. The molecule has 3 heterocycles. The molecule has 2 aliphatic heterocycles. The highest BCUT2D eigenvalue weighted by Crippen LogP contribution is 2.35. The third-order valence-corrected chi connectivity index (χ3v) is 4.62. The molecular weight excluding hydrogens is 298 g/mol. The smallest absolute Gasteiger partial charge is 0.335 e. The zero-order valence-corrected chi connectivity index (χ0v) is 13.6. The summed E-state index contributed by atoms with van der Waals surface area (Å²) >= 11 is 0. The van der Waals surface area contributed by atoms with Gasteiger partial charge in [-0.1, -0.05) is 0 Å². The highest BCUT2D eigenvalue weighted by atomic mass is 16.6. The zero-order chi connectivity index (χ0) is 16.6. The molecule has 7 heteroatoms. The van der Waals surface area contributed by atoms with Crippen molar-refractivity contribution in [1.82, 2.24) is 14.9 Å². The molecule has 2 saturated heterocycles. The summed E-state index contributed by atoms with van der Waals surface area (Å²) in [7, 11) is 1.35. The first-order valence-electron chi connectivity index (χ1n) is 7.86. The number of carbonyl (C=O) groups excluding carboxylic acids is 2. The Morgan fingerprint density at radius 2 is 2.09 bits per heavy atom. The first-order valence-corrected chi connectivity index (χ1v) is 7.86. The van der Waals surface area contributed by atoms with Crippen LogP contribution in [0.25, 0.3) is 0 Å². The molecule has 0 radical (unpaired) electrons. The molecule has 0 N–H and O–H groups in total. The van der Waals surface area contributed by atoms with Crippen molar-refractivity contribution < 1.29 is 19.1 Å². The van der Waals surface area contributed by atoms with Crippen LogP contribution in [0.4, 0.5) is 0 Å². The van der Waals surface area contributed by atoms with Crippen molar-refractivity contribution in [2.75, 3.05) is 7.11 Å². The number of aryl methyl sites for hydroxylation is 1. The van der Waals surface area contributed by atoms with Crippen molar-refractivity contribution in [3.63, 3.8) is 0 Å². The number of likely N-dealkylation sites (tertiary alicyclic amines) is 1. The molecule has 0 aromatic carbocycles. The average Bonchev–Trinajstić information content (AvgIpc) is 2.98. The summed E-state index contributed by atoms with van der Waals surface area (Å²) in [5.41, 5.74) is 1.09. The average molecular weight is 319 g/mol. The van der Waals surface area contributed by atoms with Crippen LogP contribution in [0.1, 0.15) is 42.4 Å². The Hall–Kier alpha value is -2.02. The van der Waals surface area contributed by atoms with Crippen molar-refractivity contribution in [1.29, 1.82) is 0 Å². The fraction of sp³-hybridized carbons (Fsp3) is 0.625. The van der Waals surface area contributed by atoms with Gasteiger partial charge in [-0.25, -0.2) is 9.78 Å². The van der Waals surface area contributed by atoms with Crippen LogP contribution in [0, 0.1) is 6.92 Å². The number of esters is 1. The minimum absolute atomic E-state index is 0.0758. The maximum absolute atomic E-state index is 12.9. The first-order chi connectivity index (χ1) is 11.0. The van der Waals surface area contributed by atoms with Gasteiger partial charge in [-0.3, -0.25) is 9.78 Å².